The number of amides is 1. The van der Waals surface area contributed by atoms with Gasteiger partial charge in [-0.25, -0.2) is 0 Å². The third-order valence-electron chi connectivity index (χ3n) is 2.68. The molecule has 5 nitrogen and oxygen atoms in total. The van der Waals surface area contributed by atoms with E-state index < -0.39 is 0 Å². The van der Waals surface area contributed by atoms with Crippen LogP contribution in [0.2, 0.25) is 0 Å². The number of hydrogen-bond donors (Lipinski definition) is 2. The molecule has 1 unspecified atom stereocenters. The quantitative estimate of drug-likeness (QED) is 0.758. The van der Waals surface area contributed by atoms with Crippen molar-refractivity contribution in [1.29, 1.82) is 0 Å². The number of nitrogens with zero attached hydrogens (tertiary/aromatic N) is 2. The minimum atomic E-state index is -0.229. The number of terminal acetylenes is 1. The summed E-state index contributed by atoms with van der Waals surface area (Å²) in [6, 6.07) is -0.0258. The number of carbonyl (C=O) groups excluding carboxylic acids is 1. The second-order valence-electron chi connectivity index (χ2n) is 3.96. The zero-order valence-electron chi connectivity index (χ0n) is 10.4. The number of aromatic nitrogens is 2. The van der Waals surface area contributed by atoms with Crippen LogP contribution in [0.3, 0.4) is 0 Å². The summed E-state index contributed by atoms with van der Waals surface area (Å²) in [4.78, 5) is 12.0. The van der Waals surface area contributed by atoms with E-state index in [0.29, 0.717) is 23.5 Å². The SMILES string of the molecule is C#CCC(CC)NC(=O)c1c(N)c(C)nn1C. The number of hydrogen-bond acceptors (Lipinski definition) is 3. The van der Waals surface area contributed by atoms with Crippen molar-refractivity contribution in [2.45, 2.75) is 32.7 Å². The maximum Gasteiger partial charge on any atom is 0.271 e. The Labute approximate surface area is 101 Å². The molecule has 0 radical (unpaired) electrons. The highest BCUT2D eigenvalue weighted by atomic mass is 16.2. The van der Waals surface area contributed by atoms with Gasteiger partial charge in [0.05, 0.1) is 11.4 Å². The monoisotopic (exact) mass is 234 g/mol. The molecule has 17 heavy (non-hydrogen) atoms. The summed E-state index contributed by atoms with van der Waals surface area (Å²) < 4.78 is 1.49. The zero-order valence-corrected chi connectivity index (χ0v) is 10.4. The van der Waals surface area contributed by atoms with Crippen LogP contribution in [0.1, 0.15) is 35.9 Å². The second-order valence-corrected chi connectivity index (χ2v) is 3.96. The Morgan fingerprint density at radius 3 is 2.76 bits per heavy atom. The molecule has 1 atom stereocenters. The Hall–Kier alpha value is -1.96. The summed E-state index contributed by atoms with van der Waals surface area (Å²) in [7, 11) is 1.69. The van der Waals surface area contributed by atoms with Crippen molar-refractivity contribution in [1.82, 2.24) is 15.1 Å². The van der Waals surface area contributed by atoms with Gasteiger partial charge >= 0.3 is 0 Å². The predicted octanol–water partition coefficient (Wildman–Crippen LogP) is 0.842. The largest absolute Gasteiger partial charge is 0.395 e. The lowest BCUT2D eigenvalue weighted by Gasteiger charge is -2.14. The molecule has 0 saturated carbocycles. The topological polar surface area (TPSA) is 72.9 Å². The molecule has 0 fully saturated rings. The summed E-state index contributed by atoms with van der Waals surface area (Å²) in [6.45, 7) is 3.74. The molecule has 0 spiro atoms. The lowest BCUT2D eigenvalue weighted by Crippen LogP contribution is -2.35. The van der Waals surface area contributed by atoms with Gasteiger partial charge in [-0.2, -0.15) is 5.10 Å². The first kappa shape index (κ1) is 13.1. The highest BCUT2D eigenvalue weighted by Gasteiger charge is 2.19. The van der Waals surface area contributed by atoms with Gasteiger partial charge in [-0.05, 0) is 13.3 Å². The molecule has 3 N–H and O–H groups in total. The van der Waals surface area contributed by atoms with E-state index in [4.69, 9.17) is 12.2 Å². The maximum absolute atomic E-state index is 12.0. The van der Waals surface area contributed by atoms with Crippen molar-refractivity contribution >= 4 is 11.6 Å². The minimum Gasteiger partial charge on any atom is -0.395 e. The Morgan fingerprint density at radius 2 is 2.35 bits per heavy atom. The van der Waals surface area contributed by atoms with E-state index in [0.717, 1.165) is 6.42 Å². The highest BCUT2D eigenvalue weighted by Crippen LogP contribution is 2.15. The van der Waals surface area contributed by atoms with Crippen LogP contribution in [0.4, 0.5) is 5.69 Å². The van der Waals surface area contributed by atoms with Crippen LogP contribution in [-0.2, 0) is 7.05 Å². The van der Waals surface area contributed by atoms with Gasteiger partial charge < -0.3 is 11.1 Å². The van der Waals surface area contributed by atoms with Gasteiger partial charge in [0.25, 0.3) is 5.91 Å². The summed E-state index contributed by atoms with van der Waals surface area (Å²) in [5.41, 5.74) is 7.27. The predicted molar refractivity (Wildman–Crippen MR) is 67.4 cm³/mol. The highest BCUT2D eigenvalue weighted by molar-refractivity contribution is 5.98. The van der Waals surface area contributed by atoms with E-state index in [2.05, 4.69) is 16.3 Å². The van der Waals surface area contributed by atoms with Crippen LogP contribution in [0.15, 0.2) is 0 Å². The van der Waals surface area contributed by atoms with E-state index >= 15 is 0 Å². The lowest BCUT2D eigenvalue weighted by atomic mass is 10.1. The Bertz CT molecular complexity index is 456. The normalized spacial score (nSPS) is 11.9. The molecule has 1 rings (SSSR count). The van der Waals surface area contributed by atoms with Gasteiger partial charge in [-0.15, -0.1) is 12.3 Å². The maximum atomic E-state index is 12.0. The van der Waals surface area contributed by atoms with Crippen LogP contribution in [0.25, 0.3) is 0 Å². The van der Waals surface area contributed by atoms with Gasteiger partial charge in [-0.1, -0.05) is 6.92 Å². The van der Waals surface area contributed by atoms with Crippen molar-refractivity contribution < 1.29 is 4.79 Å². The summed E-state index contributed by atoms with van der Waals surface area (Å²) >= 11 is 0. The Balaban J connectivity index is 2.87. The van der Waals surface area contributed by atoms with Crippen molar-refractivity contribution in [3.63, 3.8) is 0 Å². The number of anilines is 1. The third-order valence-corrected chi connectivity index (χ3v) is 2.68. The van der Waals surface area contributed by atoms with Crippen LogP contribution >= 0.6 is 0 Å². The average molecular weight is 234 g/mol. The van der Waals surface area contributed by atoms with Crippen molar-refractivity contribution in [3.05, 3.63) is 11.4 Å². The molecule has 1 aromatic rings. The molecular formula is C12H18N4O. The number of nitrogens with two attached hydrogens (primary N) is 1. The average Bonchev–Trinajstić information content (AvgIpc) is 2.52. The first-order chi connectivity index (χ1) is 8.01. The fraction of sp³-hybridized carbons (Fsp3) is 0.500. The van der Waals surface area contributed by atoms with Crippen LogP contribution < -0.4 is 11.1 Å². The Kier molecular flexibility index (Phi) is 4.16. The van der Waals surface area contributed by atoms with E-state index in [1.54, 1.807) is 14.0 Å². The number of carbonyl (C=O) groups is 1. The van der Waals surface area contributed by atoms with Gasteiger partial charge in [0.1, 0.15) is 5.69 Å². The molecule has 0 saturated heterocycles. The molecule has 0 bridgehead atoms. The van der Waals surface area contributed by atoms with E-state index in [-0.39, 0.29) is 11.9 Å². The van der Waals surface area contributed by atoms with Crippen molar-refractivity contribution in [2.24, 2.45) is 7.05 Å². The van der Waals surface area contributed by atoms with Gasteiger partial charge in [0.2, 0.25) is 0 Å². The van der Waals surface area contributed by atoms with Crippen molar-refractivity contribution in [2.75, 3.05) is 5.73 Å². The van der Waals surface area contributed by atoms with Crippen LogP contribution in [0, 0.1) is 19.3 Å². The molecule has 0 aromatic carbocycles. The molecule has 92 valence electrons. The van der Waals surface area contributed by atoms with E-state index in [1.165, 1.54) is 4.68 Å². The fourth-order valence-electron chi connectivity index (χ4n) is 1.64. The first-order valence-corrected chi connectivity index (χ1v) is 5.54. The van der Waals surface area contributed by atoms with Crippen LogP contribution in [0.5, 0.6) is 0 Å². The van der Waals surface area contributed by atoms with Crippen molar-refractivity contribution in [3.8, 4) is 12.3 Å². The number of aryl methyl sites for hydroxylation is 2. The van der Waals surface area contributed by atoms with Gasteiger partial charge in [-0.3, -0.25) is 9.48 Å². The second kappa shape index (κ2) is 5.39. The molecule has 1 aromatic heterocycles. The molecule has 0 aliphatic carbocycles. The lowest BCUT2D eigenvalue weighted by molar-refractivity contribution is 0.0928. The third kappa shape index (κ3) is 2.78. The molecule has 1 amide bonds. The molecular weight excluding hydrogens is 216 g/mol. The number of nitrogens with one attached hydrogen (secondary N) is 1. The fourth-order valence-corrected chi connectivity index (χ4v) is 1.64. The molecule has 0 aliphatic heterocycles. The molecule has 0 aliphatic rings. The number of rotatable bonds is 4. The van der Waals surface area contributed by atoms with Gasteiger partial charge in [0.15, 0.2) is 0 Å². The van der Waals surface area contributed by atoms with E-state index in [1.807, 2.05) is 6.92 Å². The standard InChI is InChI=1S/C12H18N4O/c1-5-7-9(6-2)14-12(17)11-10(13)8(3)15-16(11)4/h1,9H,6-7,13H2,2-4H3,(H,14,17). The smallest absolute Gasteiger partial charge is 0.271 e. The minimum absolute atomic E-state index is 0.0258. The number of nitrogen functional groups attached to an aromatic ring is 1. The summed E-state index contributed by atoms with van der Waals surface area (Å²) in [6.07, 6.45) is 6.54. The Morgan fingerprint density at radius 1 is 1.71 bits per heavy atom. The first-order valence-electron chi connectivity index (χ1n) is 5.54. The van der Waals surface area contributed by atoms with E-state index in [9.17, 15) is 4.79 Å². The summed E-state index contributed by atoms with van der Waals surface area (Å²) in [5.74, 6) is 2.31. The summed E-state index contributed by atoms with van der Waals surface area (Å²) in [5, 5.41) is 6.96. The van der Waals surface area contributed by atoms with Gasteiger partial charge in [0, 0.05) is 19.5 Å². The zero-order chi connectivity index (χ0) is 13.0. The van der Waals surface area contributed by atoms with Crippen LogP contribution in [-0.4, -0.2) is 21.7 Å². The molecule has 1 heterocycles. The molecule has 5 heteroatoms.